The summed E-state index contributed by atoms with van der Waals surface area (Å²) in [4.78, 5) is 6.96. The Morgan fingerprint density at radius 2 is 2.38 bits per heavy atom. The summed E-state index contributed by atoms with van der Waals surface area (Å²) in [6.45, 7) is 5.62. The van der Waals surface area contributed by atoms with E-state index in [4.69, 9.17) is 8.83 Å². The molecule has 1 N–H and O–H groups in total. The van der Waals surface area contributed by atoms with Crippen LogP contribution in [-0.4, -0.2) is 33.7 Å². The zero-order chi connectivity index (χ0) is 14.8. The molecule has 0 saturated carbocycles. The van der Waals surface area contributed by atoms with Crippen LogP contribution in [0.4, 0.5) is 0 Å². The predicted molar refractivity (Wildman–Crippen MR) is 78.7 cm³/mol. The summed E-state index contributed by atoms with van der Waals surface area (Å²) in [6.07, 6.45) is 4.51. The lowest BCUT2D eigenvalue weighted by Crippen LogP contribution is -2.31. The Morgan fingerprint density at radius 3 is 3.10 bits per heavy atom. The fourth-order valence-corrected chi connectivity index (χ4v) is 3.04. The molecule has 5 heteroatoms. The first-order valence-corrected chi connectivity index (χ1v) is 7.56. The van der Waals surface area contributed by atoms with Crippen molar-refractivity contribution in [1.82, 2.24) is 9.88 Å². The molecule has 0 aliphatic carbocycles. The number of oxazole rings is 1. The van der Waals surface area contributed by atoms with Crippen molar-refractivity contribution in [3.63, 3.8) is 0 Å². The molecule has 1 saturated heterocycles. The molecule has 0 bridgehead atoms. The first kappa shape index (κ1) is 14.4. The smallest absolute Gasteiger partial charge is 0.263 e. The molecule has 1 aliphatic rings. The van der Waals surface area contributed by atoms with Crippen molar-refractivity contribution in [3.05, 3.63) is 29.9 Å². The molecule has 2 unspecified atom stereocenters. The number of aliphatic hydroxyl groups excluding tert-OH is 1. The van der Waals surface area contributed by atoms with Gasteiger partial charge >= 0.3 is 0 Å². The van der Waals surface area contributed by atoms with E-state index in [9.17, 15) is 5.11 Å². The minimum atomic E-state index is -0.257. The highest BCUT2D eigenvalue weighted by Crippen LogP contribution is 2.27. The van der Waals surface area contributed by atoms with E-state index in [1.54, 1.807) is 6.26 Å². The minimum absolute atomic E-state index is 0.257. The normalized spacial score (nSPS) is 21.0. The highest BCUT2D eigenvalue weighted by molar-refractivity contribution is 5.44. The fraction of sp³-hybridized carbons (Fsp3) is 0.562. The van der Waals surface area contributed by atoms with E-state index in [1.165, 1.54) is 6.42 Å². The predicted octanol–water partition coefficient (Wildman–Crippen LogP) is 2.98. The van der Waals surface area contributed by atoms with Crippen LogP contribution in [0.25, 0.3) is 11.7 Å². The highest BCUT2D eigenvalue weighted by Gasteiger charge is 2.27. The molecule has 2 aromatic heterocycles. The van der Waals surface area contributed by atoms with Crippen molar-refractivity contribution in [1.29, 1.82) is 0 Å². The van der Waals surface area contributed by atoms with Gasteiger partial charge in [0.1, 0.15) is 5.76 Å². The van der Waals surface area contributed by atoms with Gasteiger partial charge in [0.05, 0.1) is 18.1 Å². The summed E-state index contributed by atoms with van der Waals surface area (Å²) in [7, 11) is 0. The van der Waals surface area contributed by atoms with Crippen LogP contribution in [-0.2, 0) is 6.54 Å². The standard InChI is InChI=1S/C16H22N2O3/c1-11(19)9-13-5-3-7-18(13)10-14-12(2)21-16(17-14)15-6-4-8-20-15/h4,6,8,11,13,19H,3,5,7,9-10H2,1-2H3. The summed E-state index contributed by atoms with van der Waals surface area (Å²) >= 11 is 0. The third-order valence-corrected chi connectivity index (χ3v) is 4.09. The van der Waals surface area contributed by atoms with Crippen LogP contribution in [0.2, 0.25) is 0 Å². The molecule has 114 valence electrons. The first-order chi connectivity index (χ1) is 10.1. The Labute approximate surface area is 124 Å². The summed E-state index contributed by atoms with van der Waals surface area (Å²) in [5.41, 5.74) is 0.957. The number of rotatable bonds is 5. The molecule has 21 heavy (non-hydrogen) atoms. The van der Waals surface area contributed by atoms with Gasteiger partial charge in [-0.1, -0.05) is 0 Å². The van der Waals surface area contributed by atoms with Crippen molar-refractivity contribution in [3.8, 4) is 11.7 Å². The van der Waals surface area contributed by atoms with Gasteiger partial charge < -0.3 is 13.9 Å². The van der Waals surface area contributed by atoms with E-state index in [-0.39, 0.29) is 6.10 Å². The van der Waals surface area contributed by atoms with Gasteiger partial charge in [-0.3, -0.25) is 4.90 Å². The van der Waals surface area contributed by atoms with Gasteiger partial charge in [-0.25, -0.2) is 4.98 Å². The molecule has 0 aromatic carbocycles. The van der Waals surface area contributed by atoms with Crippen molar-refractivity contribution in [2.75, 3.05) is 6.54 Å². The number of furan rings is 1. The molecule has 3 rings (SSSR count). The molecule has 0 radical (unpaired) electrons. The van der Waals surface area contributed by atoms with Crippen molar-refractivity contribution >= 4 is 0 Å². The van der Waals surface area contributed by atoms with Crippen molar-refractivity contribution < 1.29 is 13.9 Å². The van der Waals surface area contributed by atoms with Crippen LogP contribution in [0.3, 0.4) is 0 Å². The van der Waals surface area contributed by atoms with Gasteiger partial charge in [0.15, 0.2) is 5.76 Å². The third kappa shape index (κ3) is 3.19. The van der Waals surface area contributed by atoms with Crippen LogP contribution in [0.15, 0.2) is 27.2 Å². The topological polar surface area (TPSA) is 62.6 Å². The molecular formula is C16H22N2O3. The Kier molecular flexibility index (Phi) is 4.12. The maximum absolute atomic E-state index is 9.61. The highest BCUT2D eigenvalue weighted by atomic mass is 16.4. The first-order valence-electron chi connectivity index (χ1n) is 7.56. The number of aryl methyl sites for hydroxylation is 1. The van der Waals surface area contributed by atoms with Crippen LogP contribution in [0.5, 0.6) is 0 Å². The molecule has 2 aromatic rings. The summed E-state index contributed by atoms with van der Waals surface area (Å²) in [5.74, 6) is 2.04. The average molecular weight is 290 g/mol. The summed E-state index contributed by atoms with van der Waals surface area (Å²) < 4.78 is 11.0. The van der Waals surface area contributed by atoms with Crippen LogP contribution in [0, 0.1) is 6.92 Å². The van der Waals surface area contributed by atoms with Gasteiger partial charge in [-0.15, -0.1) is 0 Å². The lowest BCUT2D eigenvalue weighted by Gasteiger charge is -2.24. The number of nitrogens with zero attached hydrogens (tertiary/aromatic N) is 2. The van der Waals surface area contributed by atoms with Crippen molar-refractivity contribution in [2.45, 2.75) is 51.8 Å². The number of likely N-dealkylation sites (tertiary alicyclic amines) is 1. The second kappa shape index (κ2) is 6.03. The second-order valence-electron chi connectivity index (χ2n) is 5.85. The number of hydrogen-bond donors (Lipinski definition) is 1. The van der Waals surface area contributed by atoms with E-state index >= 15 is 0 Å². The lowest BCUT2D eigenvalue weighted by molar-refractivity contribution is 0.130. The zero-order valence-corrected chi connectivity index (χ0v) is 12.6. The van der Waals surface area contributed by atoms with Gasteiger partial charge in [0, 0.05) is 12.6 Å². The van der Waals surface area contributed by atoms with Gasteiger partial charge in [0.2, 0.25) is 0 Å². The second-order valence-corrected chi connectivity index (χ2v) is 5.85. The maximum atomic E-state index is 9.61. The largest absolute Gasteiger partial charge is 0.459 e. The molecule has 2 atom stereocenters. The van der Waals surface area contributed by atoms with Crippen LogP contribution in [0.1, 0.15) is 37.6 Å². The molecular weight excluding hydrogens is 268 g/mol. The minimum Gasteiger partial charge on any atom is -0.459 e. The summed E-state index contributed by atoms with van der Waals surface area (Å²) in [5, 5.41) is 9.61. The molecule has 3 heterocycles. The monoisotopic (exact) mass is 290 g/mol. The molecule has 0 amide bonds. The maximum Gasteiger partial charge on any atom is 0.263 e. The Bertz CT molecular complexity index is 574. The molecule has 0 spiro atoms. The van der Waals surface area contributed by atoms with Crippen LogP contribution < -0.4 is 0 Å². The number of aliphatic hydroxyl groups is 1. The number of hydrogen-bond acceptors (Lipinski definition) is 5. The SMILES string of the molecule is Cc1oc(-c2ccco2)nc1CN1CCCC1CC(C)O. The Morgan fingerprint density at radius 1 is 1.52 bits per heavy atom. The Hall–Kier alpha value is -1.59. The van der Waals surface area contributed by atoms with E-state index in [0.29, 0.717) is 17.7 Å². The molecule has 1 fully saturated rings. The number of aromatic nitrogens is 1. The van der Waals surface area contributed by atoms with E-state index < -0.39 is 0 Å². The van der Waals surface area contributed by atoms with E-state index in [1.807, 2.05) is 26.0 Å². The van der Waals surface area contributed by atoms with E-state index in [2.05, 4.69) is 9.88 Å². The molecule has 1 aliphatic heterocycles. The van der Waals surface area contributed by atoms with Crippen molar-refractivity contribution in [2.24, 2.45) is 0 Å². The van der Waals surface area contributed by atoms with Gasteiger partial charge in [-0.05, 0) is 51.8 Å². The van der Waals surface area contributed by atoms with Gasteiger partial charge in [0.25, 0.3) is 5.89 Å². The fourth-order valence-electron chi connectivity index (χ4n) is 3.04. The third-order valence-electron chi connectivity index (χ3n) is 4.09. The van der Waals surface area contributed by atoms with Crippen LogP contribution >= 0.6 is 0 Å². The quantitative estimate of drug-likeness (QED) is 0.917. The van der Waals surface area contributed by atoms with E-state index in [0.717, 1.165) is 37.4 Å². The Balaban J connectivity index is 1.73. The lowest BCUT2D eigenvalue weighted by atomic mass is 10.1. The van der Waals surface area contributed by atoms with Gasteiger partial charge in [-0.2, -0.15) is 0 Å². The summed E-state index contributed by atoms with van der Waals surface area (Å²) in [6, 6.07) is 4.11. The molecule has 5 nitrogen and oxygen atoms in total. The zero-order valence-electron chi connectivity index (χ0n) is 12.6. The average Bonchev–Trinajstić information content (AvgIpc) is 3.12.